The summed E-state index contributed by atoms with van der Waals surface area (Å²) in [6.45, 7) is 5.93. The molecule has 130 valence electrons. The second-order valence-electron chi connectivity index (χ2n) is 7.03. The maximum Gasteiger partial charge on any atom is 0.0736 e. The number of benzene rings is 1. The van der Waals surface area contributed by atoms with Gasteiger partial charge in [0.05, 0.1) is 12.7 Å². The van der Waals surface area contributed by atoms with Crippen molar-refractivity contribution in [2.24, 2.45) is 0 Å². The minimum atomic E-state index is 0.306. The first-order valence-electron chi connectivity index (χ1n) is 9.07. The number of nitrogens with one attached hydrogen (secondary N) is 1. The van der Waals surface area contributed by atoms with E-state index < -0.39 is 0 Å². The molecule has 1 saturated heterocycles. The number of hydrogen-bond donors (Lipinski definition) is 1. The number of ether oxygens (including phenoxy) is 1. The van der Waals surface area contributed by atoms with Crippen molar-refractivity contribution in [3.8, 4) is 0 Å². The van der Waals surface area contributed by atoms with Gasteiger partial charge in [0.1, 0.15) is 0 Å². The fourth-order valence-corrected chi connectivity index (χ4v) is 3.65. The first kappa shape index (κ1) is 16.3. The van der Waals surface area contributed by atoms with Crippen molar-refractivity contribution in [3.63, 3.8) is 0 Å². The minimum Gasteiger partial charge on any atom is -0.372 e. The summed E-state index contributed by atoms with van der Waals surface area (Å²) in [6.07, 6.45) is 8.48. The fraction of sp³-hybridized carbons (Fsp3) is 0.381. The molecule has 0 spiro atoms. The van der Waals surface area contributed by atoms with Gasteiger partial charge in [-0.2, -0.15) is 0 Å². The normalized spacial score (nSPS) is 18.7. The van der Waals surface area contributed by atoms with Gasteiger partial charge in [0.15, 0.2) is 0 Å². The van der Waals surface area contributed by atoms with Crippen LogP contribution in [0.15, 0.2) is 48.9 Å². The lowest BCUT2D eigenvalue weighted by Crippen LogP contribution is -2.39. The Bertz CT molecular complexity index is 828. The molecule has 4 nitrogen and oxygen atoms in total. The van der Waals surface area contributed by atoms with Crippen LogP contribution < -0.4 is 0 Å². The van der Waals surface area contributed by atoms with E-state index in [-0.39, 0.29) is 0 Å². The summed E-state index contributed by atoms with van der Waals surface area (Å²) in [6, 6.07) is 10.6. The predicted octanol–water partition coefficient (Wildman–Crippen LogP) is 4.05. The van der Waals surface area contributed by atoms with Crippen LogP contribution in [0.1, 0.15) is 29.5 Å². The summed E-state index contributed by atoms with van der Waals surface area (Å²) in [4.78, 5) is 10.1. The zero-order chi connectivity index (χ0) is 17.1. The predicted molar refractivity (Wildman–Crippen MR) is 100 cm³/mol. The molecule has 1 N–H and O–H groups in total. The van der Waals surface area contributed by atoms with Gasteiger partial charge in [-0.25, -0.2) is 0 Å². The molecule has 3 heterocycles. The third-order valence-electron chi connectivity index (χ3n) is 4.99. The number of piperidine rings is 1. The van der Waals surface area contributed by atoms with Crippen LogP contribution in [-0.4, -0.2) is 34.1 Å². The van der Waals surface area contributed by atoms with Crippen LogP contribution in [0.2, 0.25) is 0 Å². The Morgan fingerprint density at radius 3 is 3.16 bits per heavy atom. The van der Waals surface area contributed by atoms with Gasteiger partial charge in [-0.05, 0) is 55.6 Å². The molecule has 0 saturated carbocycles. The SMILES string of the molecule is Cc1ccc2[nH]cc(CN3CCCC(OCc4cccnc4)C3)c2c1. The Labute approximate surface area is 148 Å². The molecule has 0 bridgehead atoms. The molecule has 0 aliphatic carbocycles. The average Bonchev–Trinajstić information content (AvgIpc) is 3.03. The van der Waals surface area contributed by atoms with E-state index in [4.69, 9.17) is 4.74 Å². The van der Waals surface area contributed by atoms with Crippen LogP contribution >= 0.6 is 0 Å². The molecule has 25 heavy (non-hydrogen) atoms. The fourth-order valence-electron chi connectivity index (χ4n) is 3.65. The lowest BCUT2D eigenvalue weighted by Gasteiger charge is -2.32. The molecule has 1 aromatic carbocycles. The summed E-state index contributed by atoms with van der Waals surface area (Å²) < 4.78 is 6.14. The average molecular weight is 335 g/mol. The first-order chi connectivity index (χ1) is 12.3. The Hall–Kier alpha value is -2.17. The molecule has 4 heteroatoms. The van der Waals surface area contributed by atoms with Crippen LogP contribution in [-0.2, 0) is 17.9 Å². The van der Waals surface area contributed by atoms with Crippen molar-refractivity contribution in [3.05, 3.63) is 65.6 Å². The quantitative estimate of drug-likeness (QED) is 0.765. The third kappa shape index (κ3) is 3.91. The molecule has 1 unspecified atom stereocenters. The standard InChI is InChI=1S/C21H25N3O/c1-16-6-7-21-20(10-16)18(12-23-21)13-24-9-3-5-19(14-24)25-15-17-4-2-8-22-11-17/h2,4,6-8,10-12,19,23H,3,5,9,13-15H2,1H3. The van der Waals surface area contributed by atoms with E-state index in [1.54, 1.807) is 6.20 Å². The highest BCUT2D eigenvalue weighted by molar-refractivity contribution is 5.83. The number of pyridine rings is 1. The van der Waals surface area contributed by atoms with Crippen molar-refractivity contribution in [2.45, 2.75) is 39.0 Å². The van der Waals surface area contributed by atoms with Gasteiger partial charge in [-0.3, -0.25) is 9.88 Å². The highest BCUT2D eigenvalue weighted by atomic mass is 16.5. The molecule has 1 fully saturated rings. The van der Waals surface area contributed by atoms with E-state index >= 15 is 0 Å². The number of rotatable bonds is 5. The number of hydrogen-bond acceptors (Lipinski definition) is 3. The highest BCUT2D eigenvalue weighted by Gasteiger charge is 2.21. The summed E-state index contributed by atoms with van der Waals surface area (Å²) in [5.74, 6) is 0. The summed E-state index contributed by atoms with van der Waals surface area (Å²) in [5, 5.41) is 1.35. The lowest BCUT2D eigenvalue weighted by atomic mass is 10.1. The molecule has 1 aliphatic heterocycles. The molecule has 1 atom stereocenters. The van der Waals surface area contributed by atoms with Crippen molar-refractivity contribution >= 4 is 10.9 Å². The Balaban J connectivity index is 1.38. The van der Waals surface area contributed by atoms with Gasteiger partial charge in [-0.1, -0.05) is 17.7 Å². The van der Waals surface area contributed by atoms with Crippen LogP contribution in [0.4, 0.5) is 0 Å². The number of aryl methyl sites for hydroxylation is 1. The van der Waals surface area contributed by atoms with E-state index in [1.165, 1.54) is 28.5 Å². The molecule has 0 radical (unpaired) electrons. The van der Waals surface area contributed by atoms with Gasteiger partial charge in [0.2, 0.25) is 0 Å². The number of aromatic amines is 1. The summed E-state index contributed by atoms with van der Waals surface area (Å²) in [7, 11) is 0. The monoisotopic (exact) mass is 335 g/mol. The molecule has 1 aliphatic rings. The van der Waals surface area contributed by atoms with E-state index in [9.17, 15) is 0 Å². The van der Waals surface area contributed by atoms with E-state index in [0.717, 1.165) is 31.6 Å². The minimum absolute atomic E-state index is 0.306. The molecular formula is C21H25N3O. The maximum atomic E-state index is 6.14. The Morgan fingerprint density at radius 1 is 1.32 bits per heavy atom. The van der Waals surface area contributed by atoms with Gasteiger partial charge in [0, 0.05) is 42.6 Å². The number of likely N-dealkylation sites (tertiary alicyclic amines) is 1. The van der Waals surface area contributed by atoms with E-state index in [1.807, 2.05) is 12.3 Å². The van der Waals surface area contributed by atoms with Gasteiger partial charge in [0.25, 0.3) is 0 Å². The van der Waals surface area contributed by atoms with Crippen molar-refractivity contribution in [2.75, 3.05) is 13.1 Å². The number of aromatic nitrogens is 2. The second kappa shape index (κ2) is 7.38. The summed E-state index contributed by atoms with van der Waals surface area (Å²) in [5.41, 5.74) is 5.06. The number of nitrogens with zero attached hydrogens (tertiary/aromatic N) is 2. The molecule has 3 aromatic rings. The van der Waals surface area contributed by atoms with E-state index in [2.05, 4.69) is 52.3 Å². The summed E-state index contributed by atoms with van der Waals surface area (Å²) >= 11 is 0. The van der Waals surface area contributed by atoms with Crippen LogP contribution in [0, 0.1) is 6.92 Å². The molecule has 0 amide bonds. The molecular weight excluding hydrogens is 310 g/mol. The maximum absolute atomic E-state index is 6.14. The molecule has 2 aromatic heterocycles. The second-order valence-corrected chi connectivity index (χ2v) is 7.03. The van der Waals surface area contributed by atoms with Crippen molar-refractivity contribution < 1.29 is 4.74 Å². The Kier molecular flexibility index (Phi) is 4.81. The zero-order valence-corrected chi connectivity index (χ0v) is 14.7. The van der Waals surface area contributed by atoms with Crippen LogP contribution in [0.25, 0.3) is 10.9 Å². The van der Waals surface area contributed by atoms with Gasteiger partial charge in [-0.15, -0.1) is 0 Å². The van der Waals surface area contributed by atoms with Gasteiger partial charge >= 0.3 is 0 Å². The topological polar surface area (TPSA) is 41.2 Å². The zero-order valence-electron chi connectivity index (χ0n) is 14.7. The third-order valence-corrected chi connectivity index (χ3v) is 4.99. The molecule has 4 rings (SSSR count). The number of fused-ring (bicyclic) bond motifs is 1. The van der Waals surface area contributed by atoms with Crippen molar-refractivity contribution in [1.82, 2.24) is 14.9 Å². The highest BCUT2D eigenvalue weighted by Crippen LogP contribution is 2.23. The van der Waals surface area contributed by atoms with Crippen molar-refractivity contribution in [1.29, 1.82) is 0 Å². The van der Waals surface area contributed by atoms with Crippen LogP contribution in [0.3, 0.4) is 0 Å². The first-order valence-corrected chi connectivity index (χ1v) is 9.07. The Morgan fingerprint density at radius 2 is 2.28 bits per heavy atom. The lowest BCUT2D eigenvalue weighted by molar-refractivity contribution is -0.0120. The number of H-pyrrole nitrogens is 1. The van der Waals surface area contributed by atoms with Gasteiger partial charge < -0.3 is 9.72 Å². The van der Waals surface area contributed by atoms with Crippen LogP contribution in [0.5, 0.6) is 0 Å². The largest absolute Gasteiger partial charge is 0.372 e. The smallest absolute Gasteiger partial charge is 0.0736 e. The van der Waals surface area contributed by atoms with E-state index in [0.29, 0.717) is 12.7 Å².